The van der Waals surface area contributed by atoms with Crippen LogP contribution in [0.4, 0.5) is 5.69 Å². The zero-order chi connectivity index (χ0) is 16.1. The van der Waals surface area contributed by atoms with Crippen LogP contribution in [0.25, 0.3) is 4.98 Å². The molecule has 114 valence electrons. The molecule has 0 aliphatic rings. The molecule has 2 aromatic rings. The lowest BCUT2D eigenvalue weighted by molar-refractivity contribution is 0.272. The van der Waals surface area contributed by atoms with E-state index in [0.717, 1.165) is 19.8 Å². The maximum Gasteiger partial charge on any atom is 0.426 e. The standard InChI is InChI=1S/C17H18BrN2OS/c1-11(2)10-21-16-9-17(12(3)8-15(16)20-19)22-14-6-4-13(18)5-7-14/h4-9,11H,10H2,1-3H3/q+1. The van der Waals surface area contributed by atoms with Crippen LogP contribution in [0.3, 0.4) is 0 Å². The van der Waals surface area contributed by atoms with Crippen molar-refractivity contribution in [2.24, 2.45) is 5.92 Å². The molecule has 0 saturated carbocycles. The summed E-state index contributed by atoms with van der Waals surface area (Å²) in [4.78, 5) is 5.57. The van der Waals surface area contributed by atoms with Gasteiger partial charge in [0.2, 0.25) is 11.1 Å². The number of diazo groups is 1. The van der Waals surface area contributed by atoms with Crippen molar-refractivity contribution in [1.82, 2.24) is 0 Å². The average Bonchev–Trinajstić information content (AvgIpc) is 2.49. The molecule has 0 aromatic heterocycles. The Morgan fingerprint density at radius 1 is 1.23 bits per heavy atom. The highest BCUT2D eigenvalue weighted by molar-refractivity contribution is 9.10. The fraction of sp³-hybridized carbons (Fsp3) is 0.294. The summed E-state index contributed by atoms with van der Waals surface area (Å²) in [5, 5.41) is 9.15. The fourth-order valence-electron chi connectivity index (χ4n) is 1.84. The normalized spacial score (nSPS) is 10.5. The maximum absolute atomic E-state index is 9.15. The number of aryl methyl sites for hydroxylation is 1. The number of nitrogens with zero attached hydrogens (tertiary/aromatic N) is 2. The van der Waals surface area contributed by atoms with Crippen LogP contribution in [0.15, 0.2) is 50.7 Å². The second kappa shape index (κ2) is 7.66. The highest BCUT2D eigenvalue weighted by Crippen LogP contribution is 2.38. The molecule has 0 saturated heterocycles. The van der Waals surface area contributed by atoms with Gasteiger partial charge in [-0.15, -0.1) is 0 Å². The Morgan fingerprint density at radius 2 is 1.91 bits per heavy atom. The molecule has 0 N–H and O–H groups in total. The zero-order valence-electron chi connectivity index (χ0n) is 12.8. The fourth-order valence-corrected chi connectivity index (χ4v) is 3.02. The minimum atomic E-state index is 0.412. The van der Waals surface area contributed by atoms with Crippen LogP contribution in [0.2, 0.25) is 0 Å². The monoisotopic (exact) mass is 377 g/mol. The molecule has 0 heterocycles. The molecule has 0 radical (unpaired) electrons. The van der Waals surface area contributed by atoms with Crippen molar-refractivity contribution >= 4 is 33.4 Å². The Bertz CT molecular complexity index is 693. The number of benzene rings is 2. The lowest BCUT2D eigenvalue weighted by Crippen LogP contribution is -2.04. The number of halogens is 1. The van der Waals surface area contributed by atoms with E-state index < -0.39 is 0 Å². The molecule has 0 amide bonds. The van der Waals surface area contributed by atoms with Gasteiger partial charge >= 0.3 is 5.69 Å². The molecule has 0 aliphatic heterocycles. The summed E-state index contributed by atoms with van der Waals surface area (Å²) in [5.41, 5.74) is 1.52. The Morgan fingerprint density at radius 3 is 2.50 bits per heavy atom. The Balaban J connectivity index is 2.29. The second-order valence-corrected chi connectivity index (χ2v) is 7.48. The van der Waals surface area contributed by atoms with Crippen LogP contribution >= 0.6 is 27.7 Å². The topological polar surface area (TPSA) is 37.4 Å². The first-order valence-corrected chi connectivity index (χ1v) is 8.66. The zero-order valence-corrected chi connectivity index (χ0v) is 15.2. The number of ether oxygens (including phenoxy) is 1. The van der Waals surface area contributed by atoms with Crippen molar-refractivity contribution in [3.8, 4) is 5.75 Å². The van der Waals surface area contributed by atoms with Crippen molar-refractivity contribution in [2.75, 3.05) is 6.61 Å². The second-order valence-electron chi connectivity index (χ2n) is 5.45. The summed E-state index contributed by atoms with van der Waals surface area (Å²) in [5.74, 6) is 1.02. The summed E-state index contributed by atoms with van der Waals surface area (Å²) in [6.45, 7) is 6.76. The quantitative estimate of drug-likeness (QED) is 0.563. The van der Waals surface area contributed by atoms with E-state index in [1.54, 1.807) is 11.8 Å². The number of hydrogen-bond acceptors (Lipinski definition) is 3. The van der Waals surface area contributed by atoms with Crippen molar-refractivity contribution in [2.45, 2.75) is 30.6 Å². The lowest BCUT2D eigenvalue weighted by atomic mass is 10.2. The SMILES string of the molecule is Cc1cc([N+]#N)c(OCC(C)C)cc1Sc1ccc(Br)cc1. The van der Waals surface area contributed by atoms with Gasteiger partial charge in [-0.1, -0.05) is 41.5 Å². The number of rotatable bonds is 5. The molecule has 0 spiro atoms. The van der Waals surface area contributed by atoms with Crippen molar-refractivity contribution in [1.29, 1.82) is 5.39 Å². The highest BCUT2D eigenvalue weighted by atomic mass is 79.9. The summed E-state index contributed by atoms with van der Waals surface area (Å²) >= 11 is 5.11. The molecule has 0 aliphatic carbocycles. The minimum absolute atomic E-state index is 0.412. The average molecular weight is 378 g/mol. The first kappa shape index (κ1) is 16.9. The van der Waals surface area contributed by atoms with Crippen molar-refractivity contribution in [3.05, 3.63) is 51.4 Å². The molecule has 3 nitrogen and oxygen atoms in total. The molecule has 2 aromatic carbocycles. The van der Waals surface area contributed by atoms with E-state index in [4.69, 9.17) is 10.1 Å². The van der Waals surface area contributed by atoms with E-state index in [-0.39, 0.29) is 0 Å². The molecular weight excluding hydrogens is 360 g/mol. The van der Waals surface area contributed by atoms with Gasteiger partial charge in [-0.05, 0) is 42.7 Å². The molecule has 2 rings (SSSR count). The third kappa shape index (κ3) is 4.49. The summed E-state index contributed by atoms with van der Waals surface area (Å²) in [6.07, 6.45) is 0. The lowest BCUT2D eigenvalue weighted by Gasteiger charge is -2.10. The Labute approximate surface area is 143 Å². The van der Waals surface area contributed by atoms with E-state index >= 15 is 0 Å². The van der Waals surface area contributed by atoms with Gasteiger partial charge in [0.15, 0.2) is 4.98 Å². The third-order valence-electron chi connectivity index (χ3n) is 2.98. The molecule has 0 unspecified atom stereocenters. The van der Waals surface area contributed by atoms with Crippen LogP contribution in [-0.4, -0.2) is 6.61 Å². The van der Waals surface area contributed by atoms with Crippen LogP contribution in [0, 0.1) is 18.2 Å². The molecule has 0 bridgehead atoms. The van der Waals surface area contributed by atoms with Gasteiger partial charge in [0.25, 0.3) is 0 Å². The molecular formula is C17H18BrN2OS+. The van der Waals surface area contributed by atoms with Crippen LogP contribution in [-0.2, 0) is 0 Å². The molecule has 0 atom stereocenters. The van der Waals surface area contributed by atoms with Crippen LogP contribution < -0.4 is 4.74 Å². The Hall–Kier alpha value is -1.51. The minimum Gasteiger partial charge on any atom is -0.486 e. The summed E-state index contributed by atoms with van der Waals surface area (Å²) in [7, 11) is 0. The van der Waals surface area contributed by atoms with Crippen molar-refractivity contribution in [3.63, 3.8) is 0 Å². The van der Waals surface area contributed by atoms with Gasteiger partial charge in [-0.3, -0.25) is 0 Å². The van der Waals surface area contributed by atoms with Gasteiger partial charge in [-0.25, -0.2) is 0 Å². The predicted molar refractivity (Wildman–Crippen MR) is 94.5 cm³/mol. The van der Waals surface area contributed by atoms with Gasteiger partial charge in [0.05, 0.1) is 6.61 Å². The van der Waals surface area contributed by atoms with E-state index in [0.29, 0.717) is 24.0 Å². The summed E-state index contributed by atoms with van der Waals surface area (Å²) < 4.78 is 6.83. The highest BCUT2D eigenvalue weighted by Gasteiger charge is 2.19. The summed E-state index contributed by atoms with van der Waals surface area (Å²) in [6, 6.07) is 12.0. The predicted octanol–water partition coefficient (Wildman–Crippen LogP) is 6.43. The van der Waals surface area contributed by atoms with E-state index in [1.807, 2.05) is 31.2 Å². The van der Waals surface area contributed by atoms with Gasteiger partial charge < -0.3 is 4.74 Å². The Kier molecular flexibility index (Phi) is 5.87. The van der Waals surface area contributed by atoms with Crippen LogP contribution in [0.1, 0.15) is 19.4 Å². The van der Waals surface area contributed by atoms with E-state index in [2.05, 4.69) is 46.9 Å². The maximum atomic E-state index is 9.15. The first-order chi connectivity index (χ1) is 10.5. The largest absolute Gasteiger partial charge is 0.486 e. The van der Waals surface area contributed by atoms with Gasteiger partial charge in [0, 0.05) is 26.4 Å². The molecule has 0 fully saturated rings. The van der Waals surface area contributed by atoms with Crippen LogP contribution in [0.5, 0.6) is 5.75 Å². The smallest absolute Gasteiger partial charge is 0.426 e. The first-order valence-electron chi connectivity index (χ1n) is 7.05. The molecule has 5 heteroatoms. The van der Waals surface area contributed by atoms with Gasteiger partial charge in [-0.2, -0.15) is 0 Å². The molecule has 22 heavy (non-hydrogen) atoms. The van der Waals surface area contributed by atoms with Crippen molar-refractivity contribution < 1.29 is 4.74 Å². The third-order valence-corrected chi connectivity index (χ3v) is 4.67. The van der Waals surface area contributed by atoms with E-state index in [1.165, 1.54) is 0 Å². The van der Waals surface area contributed by atoms with Gasteiger partial charge in [0.1, 0.15) is 0 Å². The number of hydrogen-bond donors (Lipinski definition) is 0. The van der Waals surface area contributed by atoms with E-state index in [9.17, 15) is 0 Å².